The quantitative estimate of drug-likeness (QED) is 0.692. The van der Waals surface area contributed by atoms with Crippen LogP contribution in [0.2, 0.25) is 0 Å². The number of hydrogen-bond acceptors (Lipinski definition) is 5. The van der Waals surface area contributed by atoms with Gasteiger partial charge in [0.15, 0.2) is 11.7 Å². The van der Waals surface area contributed by atoms with Crippen molar-refractivity contribution in [2.45, 2.75) is 12.8 Å². The van der Waals surface area contributed by atoms with Crippen LogP contribution >= 0.6 is 0 Å². The van der Waals surface area contributed by atoms with Crippen molar-refractivity contribution in [2.75, 3.05) is 12.4 Å². The molecule has 0 bridgehead atoms. The second kappa shape index (κ2) is 7.11. The Balaban J connectivity index is 1.38. The fourth-order valence-electron chi connectivity index (χ4n) is 3.04. The molecule has 3 amide bonds. The molecule has 1 N–H and O–H groups in total. The van der Waals surface area contributed by atoms with Crippen LogP contribution in [0.4, 0.5) is 5.69 Å². The largest absolute Gasteiger partial charge is 0.441 e. The zero-order valence-electron chi connectivity index (χ0n) is 15.1. The molecule has 0 radical (unpaired) electrons. The highest BCUT2D eigenvalue weighted by atomic mass is 16.4. The van der Waals surface area contributed by atoms with E-state index in [9.17, 15) is 14.4 Å². The lowest BCUT2D eigenvalue weighted by Crippen LogP contribution is -2.24. The fraction of sp³-hybridized carbons (Fsp3) is 0.143. The number of anilines is 1. The number of carbonyl (C=O) groups is 3. The van der Waals surface area contributed by atoms with Crippen molar-refractivity contribution in [1.82, 2.24) is 9.88 Å². The van der Waals surface area contributed by atoms with Gasteiger partial charge in [-0.1, -0.05) is 30.3 Å². The Hall–Kier alpha value is -3.74. The maximum Gasteiger partial charge on any atom is 0.261 e. The van der Waals surface area contributed by atoms with Gasteiger partial charge in [-0.3, -0.25) is 19.3 Å². The van der Waals surface area contributed by atoms with E-state index in [1.54, 1.807) is 18.3 Å². The first kappa shape index (κ1) is 17.7. The van der Waals surface area contributed by atoms with Crippen LogP contribution in [-0.4, -0.2) is 34.7 Å². The van der Waals surface area contributed by atoms with Gasteiger partial charge in [0.05, 0.1) is 17.3 Å². The van der Waals surface area contributed by atoms with Gasteiger partial charge in [0.25, 0.3) is 11.8 Å². The molecule has 1 aliphatic rings. The number of oxazole rings is 1. The Morgan fingerprint density at radius 3 is 2.61 bits per heavy atom. The molecule has 0 aliphatic carbocycles. The summed E-state index contributed by atoms with van der Waals surface area (Å²) in [5.74, 6) is 0.192. The van der Waals surface area contributed by atoms with Gasteiger partial charge in [0, 0.05) is 31.1 Å². The van der Waals surface area contributed by atoms with E-state index in [2.05, 4.69) is 10.3 Å². The first-order valence-electron chi connectivity index (χ1n) is 8.79. The van der Waals surface area contributed by atoms with Crippen molar-refractivity contribution in [3.8, 4) is 11.3 Å². The molecule has 0 atom stereocenters. The molecule has 140 valence electrons. The Morgan fingerprint density at radius 2 is 1.82 bits per heavy atom. The molecule has 28 heavy (non-hydrogen) atoms. The maximum absolute atomic E-state index is 12.2. The topological polar surface area (TPSA) is 92.5 Å². The lowest BCUT2D eigenvalue weighted by molar-refractivity contribution is -0.116. The monoisotopic (exact) mass is 375 g/mol. The van der Waals surface area contributed by atoms with E-state index >= 15 is 0 Å². The minimum absolute atomic E-state index is 0.179. The Morgan fingerprint density at radius 1 is 1.07 bits per heavy atom. The van der Waals surface area contributed by atoms with Gasteiger partial charge >= 0.3 is 0 Å². The third-order valence-corrected chi connectivity index (χ3v) is 4.55. The van der Waals surface area contributed by atoms with Crippen LogP contribution in [0.15, 0.2) is 59.1 Å². The first-order valence-corrected chi connectivity index (χ1v) is 8.79. The molecule has 4 rings (SSSR count). The molecule has 0 fully saturated rings. The average Bonchev–Trinajstić information content (AvgIpc) is 3.27. The maximum atomic E-state index is 12.2. The molecule has 0 spiro atoms. The summed E-state index contributed by atoms with van der Waals surface area (Å²) in [4.78, 5) is 41.5. The summed E-state index contributed by atoms with van der Waals surface area (Å²) in [7, 11) is 1.43. The number of rotatable bonds is 5. The van der Waals surface area contributed by atoms with Crippen LogP contribution in [-0.2, 0) is 11.2 Å². The Kier molecular flexibility index (Phi) is 4.49. The van der Waals surface area contributed by atoms with E-state index in [0.717, 1.165) is 10.5 Å². The van der Waals surface area contributed by atoms with Gasteiger partial charge in [-0.15, -0.1) is 0 Å². The number of nitrogens with zero attached hydrogens (tertiary/aromatic N) is 2. The van der Waals surface area contributed by atoms with Crippen LogP contribution in [0.25, 0.3) is 11.3 Å². The van der Waals surface area contributed by atoms with Crippen LogP contribution in [0.3, 0.4) is 0 Å². The first-order chi connectivity index (χ1) is 13.5. The van der Waals surface area contributed by atoms with Crippen molar-refractivity contribution in [1.29, 1.82) is 0 Å². The number of amides is 3. The molecule has 1 aliphatic heterocycles. The summed E-state index contributed by atoms with van der Waals surface area (Å²) < 4.78 is 5.69. The van der Waals surface area contributed by atoms with Crippen molar-refractivity contribution < 1.29 is 18.8 Å². The number of imide groups is 1. The number of nitrogens with one attached hydrogen (secondary N) is 1. The number of hydrogen-bond donors (Lipinski definition) is 1. The number of aryl methyl sites for hydroxylation is 1. The van der Waals surface area contributed by atoms with Gasteiger partial charge in [-0.05, 0) is 18.2 Å². The van der Waals surface area contributed by atoms with Crippen molar-refractivity contribution >= 4 is 23.4 Å². The number of carbonyl (C=O) groups excluding carboxylic acids is 3. The van der Waals surface area contributed by atoms with E-state index in [4.69, 9.17) is 4.42 Å². The van der Waals surface area contributed by atoms with Crippen molar-refractivity contribution in [3.05, 3.63) is 71.7 Å². The molecule has 0 saturated carbocycles. The van der Waals surface area contributed by atoms with E-state index in [1.807, 2.05) is 30.3 Å². The highest BCUT2D eigenvalue weighted by Gasteiger charge is 2.32. The van der Waals surface area contributed by atoms with E-state index in [-0.39, 0.29) is 24.1 Å². The van der Waals surface area contributed by atoms with Gasteiger partial charge in [-0.2, -0.15) is 0 Å². The smallest absolute Gasteiger partial charge is 0.261 e. The predicted octanol–water partition coefficient (Wildman–Crippen LogP) is 3.14. The van der Waals surface area contributed by atoms with Crippen molar-refractivity contribution in [2.24, 2.45) is 0 Å². The van der Waals surface area contributed by atoms with Gasteiger partial charge in [0.2, 0.25) is 5.91 Å². The summed E-state index contributed by atoms with van der Waals surface area (Å²) in [6.07, 6.45) is 2.17. The molecule has 3 aromatic rings. The Labute approximate surface area is 161 Å². The fourth-order valence-corrected chi connectivity index (χ4v) is 3.04. The normalized spacial score (nSPS) is 13.0. The van der Waals surface area contributed by atoms with Crippen LogP contribution in [0, 0.1) is 0 Å². The zero-order chi connectivity index (χ0) is 19.7. The second-order valence-corrected chi connectivity index (χ2v) is 6.46. The third kappa shape index (κ3) is 3.29. The molecule has 7 nitrogen and oxygen atoms in total. The third-order valence-electron chi connectivity index (χ3n) is 4.55. The molecule has 7 heteroatoms. The van der Waals surface area contributed by atoms with Crippen LogP contribution in [0.5, 0.6) is 0 Å². The van der Waals surface area contributed by atoms with Gasteiger partial charge < -0.3 is 9.73 Å². The number of fused-ring (bicyclic) bond motifs is 1. The molecule has 0 saturated heterocycles. The van der Waals surface area contributed by atoms with Gasteiger partial charge in [-0.25, -0.2) is 4.98 Å². The summed E-state index contributed by atoms with van der Waals surface area (Å²) in [5.41, 5.74) is 2.04. The SMILES string of the molecule is CN1C(=O)c2ccc(NC(=O)CCc3ncc(-c4ccccc4)o3)cc2C1=O. The van der Waals surface area contributed by atoms with E-state index in [1.165, 1.54) is 13.1 Å². The standard InChI is InChI=1S/C21H17N3O4/c1-24-20(26)15-8-7-14(11-16(15)21(24)27)23-18(25)9-10-19-22-12-17(28-19)13-5-3-2-4-6-13/h2-8,11-12H,9-10H2,1H3,(H,23,25). The highest BCUT2D eigenvalue weighted by molar-refractivity contribution is 6.21. The molecular weight excluding hydrogens is 358 g/mol. The lowest BCUT2D eigenvalue weighted by Gasteiger charge is -2.05. The lowest BCUT2D eigenvalue weighted by atomic mass is 10.1. The Bertz CT molecular complexity index is 1070. The average molecular weight is 375 g/mol. The summed E-state index contributed by atoms with van der Waals surface area (Å²) in [5, 5.41) is 2.74. The summed E-state index contributed by atoms with van der Waals surface area (Å²) in [6.45, 7) is 0. The highest BCUT2D eigenvalue weighted by Crippen LogP contribution is 2.25. The van der Waals surface area contributed by atoms with E-state index < -0.39 is 0 Å². The molecule has 2 heterocycles. The summed E-state index contributed by atoms with van der Waals surface area (Å²) >= 11 is 0. The molecule has 2 aromatic carbocycles. The van der Waals surface area contributed by atoms with Crippen molar-refractivity contribution in [3.63, 3.8) is 0 Å². The number of aromatic nitrogens is 1. The minimum atomic E-state index is -0.371. The van der Waals surface area contributed by atoms with Gasteiger partial charge in [0.1, 0.15) is 0 Å². The van der Waals surface area contributed by atoms with Crippen LogP contribution in [0.1, 0.15) is 33.0 Å². The molecule has 0 unspecified atom stereocenters. The summed E-state index contributed by atoms with van der Waals surface area (Å²) in [6, 6.07) is 14.3. The van der Waals surface area contributed by atoms with Crippen LogP contribution < -0.4 is 5.32 Å². The number of benzene rings is 2. The molecule has 1 aromatic heterocycles. The second-order valence-electron chi connectivity index (χ2n) is 6.46. The zero-order valence-corrected chi connectivity index (χ0v) is 15.1. The predicted molar refractivity (Wildman–Crippen MR) is 102 cm³/mol. The minimum Gasteiger partial charge on any atom is -0.441 e. The molecular formula is C21H17N3O4. The van der Waals surface area contributed by atoms with E-state index in [0.29, 0.717) is 34.9 Å².